The molecule has 1 aromatic carbocycles. The van der Waals surface area contributed by atoms with Crippen molar-refractivity contribution >= 4 is 22.8 Å². The van der Waals surface area contributed by atoms with E-state index in [0.29, 0.717) is 24.4 Å². The van der Waals surface area contributed by atoms with Crippen molar-refractivity contribution in [1.82, 2.24) is 19.9 Å². The van der Waals surface area contributed by atoms with Crippen LogP contribution in [0.15, 0.2) is 42.9 Å². The molecule has 25 heavy (non-hydrogen) atoms. The molecule has 1 amide bonds. The number of methoxy groups -OCH3 is 1. The number of amides is 1. The molecule has 3 heterocycles. The smallest absolute Gasteiger partial charge is 0.257 e. The third-order valence-electron chi connectivity index (χ3n) is 4.54. The summed E-state index contributed by atoms with van der Waals surface area (Å²) in [6.07, 6.45) is 3.44. The van der Waals surface area contributed by atoms with Gasteiger partial charge in [0.1, 0.15) is 23.5 Å². The zero-order valence-corrected chi connectivity index (χ0v) is 14.0. The molecule has 0 bridgehead atoms. The monoisotopic (exact) mass is 337 g/mol. The fraction of sp³-hybridized carbons (Fsp3) is 0.278. The summed E-state index contributed by atoms with van der Waals surface area (Å²) in [4.78, 5) is 28.6. The van der Waals surface area contributed by atoms with E-state index >= 15 is 0 Å². The van der Waals surface area contributed by atoms with Gasteiger partial charge in [0, 0.05) is 32.4 Å². The lowest BCUT2D eigenvalue weighted by Crippen LogP contribution is -2.49. The largest absolute Gasteiger partial charge is 0.496 e. The molecule has 1 fully saturated rings. The number of hydrogen-bond donors (Lipinski definition) is 1. The van der Waals surface area contributed by atoms with Crippen molar-refractivity contribution in [3.8, 4) is 5.75 Å². The minimum Gasteiger partial charge on any atom is -0.496 e. The number of nitrogens with zero attached hydrogens (tertiary/aromatic N) is 4. The van der Waals surface area contributed by atoms with E-state index in [1.54, 1.807) is 19.5 Å². The molecule has 0 atom stereocenters. The van der Waals surface area contributed by atoms with Gasteiger partial charge in [-0.3, -0.25) is 4.79 Å². The predicted octanol–water partition coefficient (Wildman–Crippen LogP) is 1.93. The minimum absolute atomic E-state index is 0.00609. The average Bonchev–Trinajstić information content (AvgIpc) is 3.16. The van der Waals surface area contributed by atoms with Gasteiger partial charge in [-0.05, 0) is 18.2 Å². The molecule has 0 radical (unpaired) electrons. The van der Waals surface area contributed by atoms with E-state index in [-0.39, 0.29) is 5.91 Å². The fourth-order valence-electron chi connectivity index (χ4n) is 3.22. The second-order valence-electron chi connectivity index (χ2n) is 5.92. The Hall–Kier alpha value is -3.09. The van der Waals surface area contributed by atoms with Crippen LogP contribution in [0.5, 0.6) is 5.75 Å². The molecular formula is C18H19N5O2. The Morgan fingerprint density at radius 2 is 1.92 bits per heavy atom. The number of hydrogen-bond acceptors (Lipinski definition) is 5. The van der Waals surface area contributed by atoms with Crippen LogP contribution in [0, 0.1) is 0 Å². The first kappa shape index (κ1) is 15.4. The second kappa shape index (κ2) is 6.43. The van der Waals surface area contributed by atoms with Gasteiger partial charge in [0.05, 0.1) is 18.1 Å². The van der Waals surface area contributed by atoms with Crippen LogP contribution in [-0.2, 0) is 0 Å². The van der Waals surface area contributed by atoms with Gasteiger partial charge in [-0.1, -0.05) is 12.1 Å². The second-order valence-corrected chi connectivity index (χ2v) is 5.92. The lowest BCUT2D eigenvalue weighted by molar-refractivity contribution is 0.0743. The zero-order chi connectivity index (χ0) is 17.2. The number of benzene rings is 1. The molecule has 0 unspecified atom stereocenters. The molecule has 128 valence electrons. The van der Waals surface area contributed by atoms with Gasteiger partial charge < -0.3 is 19.5 Å². The van der Waals surface area contributed by atoms with Crippen molar-refractivity contribution in [2.24, 2.45) is 0 Å². The lowest BCUT2D eigenvalue weighted by Gasteiger charge is -2.35. The van der Waals surface area contributed by atoms with Crippen LogP contribution >= 0.6 is 0 Å². The van der Waals surface area contributed by atoms with E-state index in [2.05, 4.69) is 19.9 Å². The number of piperazine rings is 1. The first-order valence-electron chi connectivity index (χ1n) is 8.23. The van der Waals surface area contributed by atoms with Crippen molar-refractivity contribution in [1.29, 1.82) is 0 Å². The number of anilines is 1. The summed E-state index contributed by atoms with van der Waals surface area (Å²) < 4.78 is 5.31. The number of H-pyrrole nitrogens is 1. The average molecular weight is 337 g/mol. The normalized spacial score (nSPS) is 14.8. The summed E-state index contributed by atoms with van der Waals surface area (Å²) in [7, 11) is 1.58. The molecule has 1 aliphatic rings. The van der Waals surface area contributed by atoms with Gasteiger partial charge >= 0.3 is 0 Å². The lowest BCUT2D eigenvalue weighted by atomic mass is 10.1. The first-order chi connectivity index (χ1) is 12.3. The van der Waals surface area contributed by atoms with Gasteiger partial charge in [-0.2, -0.15) is 0 Å². The summed E-state index contributed by atoms with van der Waals surface area (Å²) in [5.74, 6) is 1.53. The summed E-state index contributed by atoms with van der Waals surface area (Å²) in [6, 6.07) is 9.33. The van der Waals surface area contributed by atoms with E-state index in [1.165, 1.54) is 0 Å². The number of nitrogens with one attached hydrogen (secondary N) is 1. The number of ether oxygens (including phenoxy) is 1. The van der Waals surface area contributed by atoms with Gasteiger partial charge in [-0.25, -0.2) is 9.97 Å². The number of carbonyl (C=O) groups excluding carboxylic acids is 1. The Kier molecular flexibility index (Phi) is 3.97. The highest BCUT2D eigenvalue weighted by atomic mass is 16.5. The van der Waals surface area contributed by atoms with E-state index in [4.69, 9.17) is 4.74 Å². The Morgan fingerprint density at radius 1 is 1.12 bits per heavy atom. The molecule has 0 aliphatic carbocycles. The number of aromatic nitrogens is 3. The molecule has 1 aliphatic heterocycles. The molecule has 0 saturated carbocycles. The van der Waals surface area contributed by atoms with Crippen LogP contribution in [0.2, 0.25) is 0 Å². The maximum atomic E-state index is 12.8. The topological polar surface area (TPSA) is 74.3 Å². The van der Waals surface area contributed by atoms with Gasteiger partial charge in [0.15, 0.2) is 0 Å². The SMILES string of the molecule is COc1ccccc1C(=O)N1CCN(c2ncnc3[nH]ccc23)CC1. The number of rotatable bonds is 3. The first-order valence-corrected chi connectivity index (χ1v) is 8.23. The molecule has 4 rings (SSSR count). The Labute approximate surface area is 145 Å². The van der Waals surface area contributed by atoms with E-state index in [9.17, 15) is 4.79 Å². The minimum atomic E-state index is 0.00609. The van der Waals surface area contributed by atoms with Crippen molar-refractivity contribution in [3.05, 3.63) is 48.4 Å². The van der Waals surface area contributed by atoms with Crippen LogP contribution in [0.25, 0.3) is 11.0 Å². The van der Waals surface area contributed by atoms with Crippen molar-refractivity contribution < 1.29 is 9.53 Å². The Balaban J connectivity index is 1.50. The van der Waals surface area contributed by atoms with E-state index in [1.807, 2.05) is 35.4 Å². The van der Waals surface area contributed by atoms with Crippen molar-refractivity contribution in [3.63, 3.8) is 0 Å². The highest BCUT2D eigenvalue weighted by molar-refractivity contribution is 5.97. The van der Waals surface area contributed by atoms with Gasteiger partial charge in [0.2, 0.25) is 0 Å². The van der Waals surface area contributed by atoms with Gasteiger partial charge in [0.25, 0.3) is 5.91 Å². The van der Waals surface area contributed by atoms with Crippen LogP contribution in [-0.4, -0.2) is 59.0 Å². The predicted molar refractivity (Wildman–Crippen MR) is 95.0 cm³/mol. The van der Waals surface area contributed by atoms with Crippen molar-refractivity contribution in [2.45, 2.75) is 0 Å². The standard InChI is InChI=1S/C18H19N5O2/c1-25-15-5-3-2-4-13(15)18(24)23-10-8-22(9-11-23)17-14-6-7-19-16(14)20-12-21-17/h2-7,12H,8-11H2,1H3,(H,19,20,21). The zero-order valence-electron chi connectivity index (χ0n) is 14.0. The molecule has 0 spiro atoms. The number of para-hydroxylation sites is 1. The molecule has 7 heteroatoms. The van der Waals surface area contributed by atoms with Crippen molar-refractivity contribution in [2.75, 3.05) is 38.2 Å². The molecule has 1 saturated heterocycles. The Morgan fingerprint density at radius 3 is 2.72 bits per heavy atom. The summed E-state index contributed by atoms with van der Waals surface area (Å²) in [5, 5.41) is 1.01. The molecule has 3 aromatic rings. The third-order valence-corrected chi connectivity index (χ3v) is 4.54. The maximum Gasteiger partial charge on any atom is 0.257 e. The quantitative estimate of drug-likeness (QED) is 0.790. The summed E-state index contributed by atoms with van der Waals surface area (Å²) in [6.45, 7) is 2.76. The van der Waals surface area contributed by atoms with Crippen LogP contribution in [0.4, 0.5) is 5.82 Å². The summed E-state index contributed by atoms with van der Waals surface area (Å²) >= 11 is 0. The van der Waals surface area contributed by atoms with E-state index < -0.39 is 0 Å². The van der Waals surface area contributed by atoms with Gasteiger partial charge in [-0.15, -0.1) is 0 Å². The number of carbonyl (C=O) groups is 1. The fourth-order valence-corrected chi connectivity index (χ4v) is 3.22. The number of fused-ring (bicyclic) bond motifs is 1. The Bertz CT molecular complexity index is 899. The third kappa shape index (κ3) is 2.77. The molecule has 2 aromatic heterocycles. The van der Waals surface area contributed by atoms with Crippen LogP contribution < -0.4 is 9.64 Å². The number of aromatic amines is 1. The highest BCUT2D eigenvalue weighted by Crippen LogP contribution is 2.24. The molecule has 7 nitrogen and oxygen atoms in total. The van der Waals surface area contributed by atoms with Crippen LogP contribution in [0.3, 0.4) is 0 Å². The molecule has 1 N–H and O–H groups in total. The summed E-state index contributed by atoms with van der Waals surface area (Å²) in [5.41, 5.74) is 1.44. The van der Waals surface area contributed by atoms with E-state index in [0.717, 1.165) is 29.9 Å². The molecular weight excluding hydrogens is 318 g/mol. The maximum absolute atomic E-state index is 12.8. The van der Waals surface area contributed by atoms with Crippen LogP contribution in [0.1, 0.15) is 10.4 Å². The highest BCUT2D eigenvalue weighted by Gasteiger charge is 2.25.